The molecule has 0 spiro atoms. The second-order valence-electron chi connectivity index (χ2n) is 5.22. The van der Waals surface area contributed by atoms with Crippen LogP contribution in [0.1, 0.15) is 15.9 Å². The Kier molecular flexibility index (Phi) is 4.68. The summed E-state index contributed by atoms with van der Waals surface area (Å²) >= 11 is 0. The zero-order valence-corrected chi connectivity index (χ0v) is 12.9. The molecule has 0 atom stereocenters. The van der Waals surface area contributed by atoms with Crippen LogP contribution in [0.25, 0.3) is 0 Å². The average molecular weight is 316 g/mol. The van der Waals surface area contributed by atoms with Crippen LogP contribution in [0, 0.1) is 0 Å². The Morgan fingerprint density at radius 1 is 0.708 bits per heavy atom. The highest BCUT2D eigenvalue weighted by Crippen LogP contribution is 2.34. The van der Waals surface area contributed by atoms with E-state index in [0.29, 0.717) is 5.56 Å². The molecule has 4 nitrogen and oxygen atoms in total. The lowest BCUT2D eigenvalue weighted by Crippen LogP contribution is -2.09. The van der Waals surface area contributed by atoms with Gasteiger partial charge in [-0.3, -0.25) is 4.79 Å². The lowest BCUT2D eigenvalue weighted by molar-refractivity contribution is 0.112. The molecule has 0 saturated heterocycles. The molecule has 24 heavy (non-hydrogen) atoms. The Bertz CT molecular complexity index is 826. The van der Waals surface area contributed by atoms with E-state index in [1.165, 1.54) is 6.21 Å². The minimum atomic E-state index is 0.640. The Hall–Kier alpha value is -3.40. The van der Waals surface area contributed by atoms with Gasteiger partial charge in [-0.1, -0.05) is 35.5 Å². The first-order valence-electron chi connectivity index (χ1n) is 7.50. The molecule has 0 aliphatic carbocycles. The standard InChI is InChI=1S/C20H16N2O2/c23-15-17-8-12-20(13-9-17)22(18-4-2-1-3-5-18)19-10-6-16(7-11-19)14-21-24/h1-15,24H/b21-14+. The number of nitrogens with zero attached hydrogens (tertiary/aromatic N) is 2. The van der Waals surface area contributed by atoms with Gasteiger partial charge in [-0.2, -0.15) is 0 Å². The number of carbonyl (C=O) groups excluding carboxylic acids is 1. The first-order valence-corrected chi connectivity index (χ1v) is 7.50. The van der Waals surface area contributed by atoms with Gasteiger partial charge in [0.25, 0.3) is 0 Å². The topological polar surface area (TPSA) is 52.9 Å². The van der Waals surface area contributed by atoms with E-state index in [1.807, 2.05) is 66.7 Å². The van der Waals surface area contributed by atoms with Crippen molar-refractivity contribution in [3.8, 4) is 0 Å². The van der Waals surface area contributed by atoms with E-state index in [-0.39, 0.29) is 0 Å². The quantitative estimate of drug-likeness (QED) is 0.319. The van der Waals surface area contributed by atoms with E-state index >= 15 is 0 Å². The molecule has 0 unspecified atom stereocenters. The largest absolute Gasteiger partial charge is 0.411 e. The second-order valence-corrected chi connectivity index (χ2v) is 5.22. The van der Waals surface area contributed by atoms with Gasteiger partial charge in [0.05, 0.1) is 6.21 Å². The number of oxime groups is 1. The number of carbonyl (C=O) groups is 1. The maximum absolute atomic E-state index is 10.9. The number of aldehydes is 1. The Balaban J connectivity index is 2.06. The van der Waals surface area contributed by atoms with Crippen LogP contribution in [0.5, 0.6) is 0 Å². The zero-order chi connectivity index (χ0) is 16.8. The number of benzene rings is 3. The summed E-state index contributed by atoms with van der Waals surface area (Å²) in [5, 5.41) is 11.7. The first kappa shape index (κ1) is 15.5. The molecular formula is C20H16N2O2. The molecule has 0 aliphatic rings. The summed E-state index contributed by atoms with van der Waals surface area (Å²) < 4.78 is 0. The molecule has 3 aromatic rings. The molecule has 3 aromatic carbocycles. The maximum Gasteiger partial charge on any atom is 0.150 e. The van der Waals surface area contributed by atoms with E-state index < -0.39 is 0 Å². The van der Waals surface area contributed by atoms with E-state index in [1.54, 1.807) is 12.1 Å². The third-order valence-electron chi connectivity index (χ3n) is 3.66. The van der Waals surface area contributed by atoms with Crippen molar-refractivity contribution in [2.24, 2.45) is 5.16 Å². The molecule has 0 heterocycles. The van der Waals surface area contributed by atoms with Crippen molar-refractivity contribution in [2.75, 3.05) is 4.90 Å². The summed E-state index contributed by atoms with van der Waals surface area (Å²) in [6.45, 7) is 0. The summed E-state index contributed by atoms with van der Waals surface area (Å²) in [7, 11) is 0. The predicted octanol–water partition coefficient (Wildman–Crippen LogP) is 4.78. The van der Waals surface area contributed by atoms with Crippen molar-refractivity contribution in [3.63, 3.8) is 0 Å². The van der Waals surface area contributed by atoms with E-state index in [2.05, 4.69) is 10.1 Å². The number of hydrogen-bond donors (Lipinski definition) is 1. The molecule has 0 amide bonds. The van der Waals surface area contributed by atoms with Crippen LogP contribution < -0.4 is 4.90 Å². The summed E-state index contributed by atoms with van der Waals surface area (Å²) in [4.78, 5) is 13.0. The van der Waals surface area contributed by atoms with Crippen LogP contribution in [0.3, 0.4) is 0 Å². The summed E-state index contributed by atoms with van der Waals surface area (Å²) in [5.74, 6) is 0. The van der Waals surface area contributed by atoms with Crippen molar-refractivity contribution in [1.29, 1.82) is 0 Å². The minimum absolute atomic E-state index is 0.640. The fraction of sp³-hybridized carbons (Fsp3) is 0. The van der Waals surface area contributed by atoms with Crippen molar-refractivity contribution in [1.82, 2.24) is 0 Å². The minimum Gasteiger partial charge on any atom is -0.411 e. The van der Waals surface area contributed by atoms with Crippen LogP contribution >= 0.6 is 0 Å². The number of rotatable bonds is 5. The molecule has 0 aromatic heterocycles. The molecule has 0 bridgehead atoms. The Labute approximate surface area is 140 Å². The highest BCUT2D eigenvalue weighted by molar-refractivity contribution is 5.83. The van der Waals surface area contributed by atoms with Gasteiger partial charge in [0.1, 0.15) is 6.29 Å². The molecule has 1 N–H and O–H groups in total. The van der Waals surface area contributed by atoms with Crippen LogP contribution in [-0.2, 0) is 0 Å². The van der Waals surface area contributed by atoms with Crippen LogP contribution in [0.2, 0.25) is 0 Å². The van der Waals surface area contributed by atoms with Gasteiger partial charge < -0.3 is 10.1 Å². The van der Waals surface area contributed by atoms with Crippen molar-refractivity contribution in [2.45, 2.75) is 0 Å². The van der Waals surface area contributed by atoms with Gasteiger partial charge in [0.15, 0.2) is 0 Å². The summed E-state index contributed by atoms with van der Waals surface area (Å²) in [5.41, 5.74) is 4.39. The van der Waals surface area contributed by atoms with Gasteiger partial charge >= 0.3 is 0 Å². The van der Waals surface area contributed by atoms with E-state index in [4.69, 9.17) is 5.21 Å². The van der Waals surface area contributed by atoms with Crippen LogP contribution in [0.4, 0.5) is 17.1 Å². The third-order valence-corrected chi connectivity index (χ3v) is 3.66. The van der Waals surface area contributed by atoms with Gasteiger partial charge in [-0.05, 0) is 54.1 Å². The molecule has 4 heteroatoms. The third kappa shape index (κ3) is 3.33. The molecule has 118 valence electrons. The molecule has 0 saturated carbocycles. The average Bonchev–Trinajstić information content (AvgIpc) is 2.65. The highest BCUT2D eigenvalue weighted by atomic mass is 16.4. The van der Waals surface area contributed by atoms with Crippen LogP contribution in [-0.4, -0.2) is 17.7 Å². The first-order chi connectivity index (χ1) is 11.8. The van der Waals surface area contributed by atoms with E-state index in [9.17, 15) is 4.79 Å². The Morgan fingerprint density at radius 3 is 1.71 bits per heavy atom. The smallest absolute Gasteiger partial charge is 0.150 e. The zero-order valence-electron chi connectivity index (χ0n) is 12.9. The van der Waals surface area contributed by atoms with E-state index in [0.717, 1.165) is 28.9 Å². The maximum atomic E-state index is 10.9. The molecule has 0 radical (unpaired) electrons. The van der Waals surface area contributed by atoms with Crippen molar-refractivity contribution >= 4 is 29.6 Å². The molecule has 0 aliphatic heterocycles. The van der Waals surface area contributed by atoms with Crippen LogP contribution in [0.15, 0.2) is 84.0 Å². The SMILES string of the molecule is O=Cc1ccc(N(c2ccccc2)c2ccc(/C=N/O)cc2)cc1. The predicted molar refractivity (Wildman–Crippen MR) is 95.9 cm³/mol. The van der Waals surface area contributed by atoms with Gasteiger partial charge in [-0.25, -0.2) is 0 Å². The van der Waals surface area contributed by atoms with Gasteiger partial charge in [-0.15, -0.1) is 0 Å². The monoisotopic (exact) mass is 316 g/mol. The highest BCUT2D eigenvalue weighted by Gasteiger charge is 2.11. The van der Waals surface area contributed by atoms with Crippen molar-refractivity contribution < 1.29 is 10.0 Å². The fourth-order valence-corrected chi connectivity index (χ4v) is 2.50. The Morgan fingerprint density at radius 2 is 1.21 bits per heavy atom. The number of para-hydroxylation sites is 1. The molecule has 0 fully saturated rings. The summed E-state index contributed by atoms with van der Waals surface area (Å²) in [6.07, 6.45) is 2.22. The molecule has 3 rings (SSSR count). The van der Waals surface area contributed by atoms with Crippen molar-refractivity contribution in [3.05, 3.63) is 90.0 Å². The summed E-state index contributed by atoms with van der Waals surface area (Å²) in [6, 6.07) is 25.1. The lowest BCUT2D eigenvalue weighted by atomic mass is 10.1. The number of anilines is 3. The molecular weight excluding hydrogens is 300 g/mol. The fourth-order valence-electron chi connectivity index (χ4n) is 2.50. The second kappa shape index (κ2) is 7.24. The normalized spacial score (nSPS) is 10.7. The van der Waals surface area contributed by atoms with Gasteiger partial charge in [0, 0.05) is 22.6 Å². The lowest BCUT2D eigenvalue weighted by Gasteiger charge is -2.25. The number of hydrogen-bond acceptors (Lipinski definition) is 4. The van der Waals surface area contributed by atoms with Gasteiger partial charge in [0.2, 0.25) is 0 Å².